The summed E-state index contributed by atoms with van der Waals surface area (Å²) in [5, 5.41) is 3.40. The molecule has 78 valence electrons. The number of benzene rings is 1. The van der Waals surface area contributed by atoms with Crippen molar-refractivity contribution in [2.45, 2.75) is 32.7 Å². The van der Waals surface area contributed by atoms with E-state index in [0.717, 1.165) is 19.4 Å². The van der Waals surface area contributed by atoms with Crippen molar-refractivity contribution in [2.75, 3.05) is 6.54 Å². The molecule has 1 unspecified atom stereocenters. The third-order valence-corrected chi connectivity index (χ3v) is 2.38. The first kappa shape index (κ1) is 11.2. The molecule has 0 radical (unpaired) electrons. The van der Waals surface area contributed by atoms with Crippen LogP contribution >= 0.6 is 0 Å². The van der Waals surface area contributed by atoms with Gasteiger partial charge in [0.25, 0.3) is 0 Å². The minimum atomic E-state index is -0.162. The number of halogens is 1. The van der Waals surface area contributed by atoms with Gasteiger partial charge in [0.1, 0.15) is 5.82 Å². The smallest absolute Gasteiger partial charge is 0.123 e. The van der Waals surface area contributed by atoms with E-state index in [4.69, 9.17) is 0 Å². The van der Waals surface area contributed by atoms with E-state index in [-0.39, 0.29) is 5.82 Å². The van der Waals surface area contributed by atoms with Gasteiger partial charge in [-0.15, -0.1) is 0 Å². The maximum atomic E-state index is 12.6. The van der Waals surface area contributed by atoms with Gasteiger partial charge in [-0.1, -0.05) is 26.0 Å². The molecule has 0 aromatic heterocycles. The van der Waals surface area contributed by atoms with Gasteiger partial charge in [0.05, 0.1) is 0 Å². The van der Waals surface area contributed by atoms with Gasteiger partial charge >= 0.3 is 0 Å². The lowest BCUT2D eigenvalue weighted by Gasteiger charge is -2.15. The van der Waals surface area contributed by atoms with Crippen molar-refractivity contribution in [3.63, 3.8) is 0 Å². The van der Waals surface area contributed by atoms with E-state index in [2.05, 4.69) is 19.2 Å². The van der Waals surface area contributed by atoms with E-state index < -0.39 is 0 Å². The van der Waals surface area contributed by atoms with Crippen LogP contribution in [0.25, 0.3) is 0 Å². The zero-order valence-electron chi connectivity index (χ0n) is 8.89. The lowest BCUT2D eigenvalue weighted by molar-refractivity contribution is 0.509. The maximum Gasteiger partial charge on any atom is 0.123 e. The second-order valence-electron chi connectivity index (χ2n) is 3.49. The SMILES string of the molecule is CCNC(CC)Cc1ccc(F)cc1. The van der Waals surface area contributed by atoms with Crippen molar-refractivity contribution in [3.8, 4) is 0 Å². The van der Waals surface area contributed by atoms with E-state index in [1.165, 1.54) is 17.7 Å². The maximum absolute atomic E-state index is 12.6. The van der Waals surface area contributed by atoms with Crippen LogP contribution in [-0.4, -0.2) is 12.6 Å². The first-order chi connectivity index (χ1) is 6.76. The first-order valence-corrected chi connectivity index (χ1v) is 5.24. The van der Waals surface area contributed by atoms with E-state index in [0.29, 0.717) is 6.04 Å². The Labute approximate surface area is 85.3 Å². The van der Waals surface area contributed by atoms with Crippen molar-refractivity contribution in [2.24, 2.45) is 0 Å². The minimum Gasteiger partial charge on any atom is -0.314 e. The summed E-state index contributed by atoms with van der Waals surface area (Å²) < 4.78 is 12.6. The highest BCUT2D eigenvalue weighted by molar-refractivity contribution is 5.17. The van der Waals surface area contributed by atoms with Gasteiger partial charge in [-0.25, -0.2) is 4.39 Å². The molecule has 1 nitrogen and oxygen atoms in total. The summed E-state index contributed by atoms with van der Waals surface area (Å²) in [5.41, 5.74) is 1.19. The van der Waals surface area contributed by atoms with Gasteiger partial charge in [-0.3, -0.25) is 0 Å². The molecule has 1 aromatic carbocycles. The van der Waals surface area contributed by atoms with Gasteiger partial charge in [0.2, 0.25) is 0 Å². The third-order valence-electron chi connectivity index (χ3n) is 2.38. The Kier molecular flexibility index (Phi) is 4.60. The summed E-state index contributed by atoms with van der Waals surface area (Å²) in [5.74, 6) is -0.162. The molecule has 14 heavy (non-hydrogen) atoms. The Morgan fingerprint density at radius 3 is 2.36 bits per heavy atom. The Bertz CT molecular complexity index is 256. The molecule has 0 heterocycles. The largest absolute Gasteiger partial charge is 0.314 e. The molecule has 0 bridgehead atoms. The van der Waals surface area contributed by atoms with Crippen molar-refractivity contribution < 1.29 is 4.39 Å². The van der Waals surface area contributed by atoms with Gasteiger partial charge < -0.3 is 5.32 Å². The van der Waals surface area contributed by atoms with Crippen LogP contribution < -0.4 is 5.32 Å². The number of hydrogen-bond donors (Lipinski definition) is 1. The number of hydrogen-bond acceptors (Lipinski definition) is 1. The molecule has 0 saturated carbocycles. The average Bonchev–Trinajstić information content (AvgIpc) is 2.20. The Morgan fingerprint density at radius 1 is 1.21 bits per heavy atom. The Balaban J connectivity index is 2.53. The summed E-state index contributed by atoms with van der Waals surface area (Å²) in [6.07, 6.45) is 2.08. The standard InChI is InChI=1S/C12H18FN/c1-3-12(14-4-2)9-10-5-7-11(13)8-6-10/h5-8,12,14H,3-4,9H2,1-2H3. The summed E-state index contributed by atoms with van der Waals surface area (Å²) in [6.45, 7) is 5.25. The second-order valence-corrected chi connectivity index (χ2v) is 3.49. The van der Waals surface area contributed by atoms with Crippen LogP contribution in [0.15, 0.2) is 24.3 Å². The van der Waals surface area contributed by atoms with Gasteiger partial charge in [0.15, 0.2) is 0 Å². The van der Waals surface area contributed by atoms with Gasteiger partial charge in [-0.2, -0.15) is 0 Å². The number of rotatable bonds is 5. The fourth-order valence-corrected chi connectivity index (χ4v) is 1.55. The number of nitrogens with one attached hydrogen (secondary N) is 1. The van der Waals surface area contributed by atoms with Crippen LogP contribution in [-0.2, 0) is 6.42 Å². The molecule has 1 aromatic rings. The van der Waals surface area contributed by atoms with Crippen molar-refractivity contribution in [1.29, 1.82) is 0 Å². The van der Waals surface area contributed by atoms with E-state index in [1.807, 2.05) is 12.1 Å². The van der Waals surface area contributed by atoms with Crippen LogP contribution in [0.5, 0.6) is 0 Å². The highest BCUT2D eigenvalue weighted by Gasteiger charge is 2.05. The summed E-state index contributed by atoms with van der Waals surface area (Å²) >= 11 is 0. The average molecular weight is 195 g/mol. The Hall–Kier alpha value is -0.890. The second kappa shape index (κ2) is 5.76. The summed E-state index contributed by atoms with van der Waals surface area (Å²) in [4.78, 5) is 0. The molecule has 0 fully saturated rings. The molecule has 1 atom stereocenters. The minimum absolute atomic E-state index is 0.162. The quantitative estimate of drug-likeness (QED) is 0.761. The van der Waals surface area contributed by atoms with E-state index >= 15 is 0 Å². The predicted octanol–water partition coefficient (Wildman–Crippen LogP) is 2.76. The zero-order chi connectivity index (χ0) is 10.4. The first-order valence-electron chi connectivity index (χ1n) is 5.24. The Morgan fingerprint density at radius 2 is 1.86 bits per heavy atom. The summed E-state index contributed by atoms with van der Waals surface area (Å²) in [7, 11) is 0. The zero-order valence-corrected chi connectivity index (χ0v) is 8.89. The topological polar surface area (TPSA) is 12.0 Å². The van der Waals surface area contributed by atoms with Gasteiger partial charge in [0, 0.05) is 6.04 Å². The van der Waals surface area contributed by atoms with E-state index in [9.17, 15) is 4.39 Å². The van der Waals surface area contributed by atoms with Crippen LogP contribution in [0, 0.1) is 5.82 Å². The lowest BCUT2D eigenvalue weighted by Crippen LogP contribution is -2.30. The lowest BCUT2D eigenvalue weighted by atomic mass is 10.0. The molecular formula is C12H18FN. The molecule has 0 aliphatic rings. The van der Waals surface area contributed by atoms with Crippen LogP contribution in [0.4, 0.5) is 4.39 Å². The summed E-state index contributed by atoms with van der Waals surface area (Å²) in [6, 6.07) is 7.26. The van der Waals surface area contributed by atoms with Gasteiger partial charge in [-0.05, 0) is 37.1 Å². The van der Waals surface area contributed by atoms with E-state index in [1.54, 1.807) is 0 Å². The fraction of sp³-hybridized carbons (Fsp3) is 0.500. The highest BCUT2D eigenvalue weighted by Crippen LogP contribution is 2.07. The number of likely N-dealkylation sites (N-methyl/N-ethyl adjacent to an activating group) is 1. The molecular weight excluding hydrogens is 177 g/mol. The van der Waals surface area contributed by atoms with Crippen LogP contribution in [0.1, 0.15) is 25.8 Å². The molecule has 1 N–H and O–H groups in total. The molecule has 0 aliphatic carbocycles. The third kappa shape index (κ3) is 3.46. The normalized spacial score (nSPS) is 12.8. The van der Waals surface area contributed by atoms with Crippen molar-refractivity contribution in [3.05, 3.63) is 35.6 Å². The molecule has 0 saturated heterocycles. The monoisotopic (exact) mass is 195 g/mol. The molecule has 1 rings (SSSR count). The molecule has 0 amide bonds. The van der Waals surface area contributed by atoms with Crippen LogP contribution in [0.2, 0.25) is 0 Å². The molecule has 2 heteroatoms. The van der Waals surface area contributed by atoms with Crippen molar-refractivity contribution >= 4 is 0 Å². The molecule has 0 aliphatic heterocycles. The highest BCUT2D eigenvalue weighted by atomic mass is 19.1. The van der Waals surface area contributed by atoms with Crippen molar-refractivity contribution in [1.82, 2.24) is 5.32 Å². The predicted molar refractivity (Wildman–Crippen MR) is 57.9 cm³/mol. The van der Waals surface area contributed by atoms with Crippen LogP contribution in [0.3, 0.4) is 0 Å². The molecule has 0 spiro atoms. The fourth-order valence-electron chi connectivity index (χ4n) is 1.55.